The van der Waals surface area contributed by atoms with E-state index in [4.69, 9.17) is 18.0 Å². The number of benzene rings is 3. The molecule has 0 saturated heterocycles. The van der Waals surface area contributed by atoms with Gasteiger partial charge in [-0.15, -0.1) is 0 Å². The van der Waals surface area contributed by atoms with Gasteiger partial charge in [-0.25, -0.2) is 8.42 Å². The zero-order chi connectivity index (χ0) is 22.7. The van der Waals surface area contributed by atoms with Gasteiger partial charge in [0.2, 0.25) is 10.0 Å². The lowest BCUT2D eigenvalue weighted by Crippen LogP contribution is -2.44. The van der Waals surface area contributed by atoms with Gasteiger partial charge in [0.25, 0.3) is 0 Å². The van der Waals surface area contributed by atoms with Crippen LogP contribution in [0.25, 0.3) is 0 Å². The molecule has 1 unspecified atom stereocenters. The molecule has 0 amide bonds. The minimum absolute atomic E-state index is 0.00969. The van der Waals surface area contributed by atoms with E-state index in [9.17, 15) is 8.42 Å². The summed E-state index contributed by atoms with van der Waals surface area (Å²) >= 11 is 4.96. The number of sulfonamides is 1. The van der Waals surface area contributed by atoms with E-state index in [0.717, 1.165) is 22.3 Å². The van der Waals surface area contributed by atoms with Crippen molar-refractivity contribution in [1.29, 1.82) is 0 Å². The summed E-state index contributed by atoms with van der Waals surface area (Å²) in [6, 6.07) is 23.6. The fourth-order valence-electron chi connectivity index (χ4n) is 3.94. The minimum Gasteiger partial charge on any atom is -0.375 e. The third-order valence-corrected chi connectivity index (χ3v) is 7.45. The molecule has 8 heteroatoms. The predicted octanol–water partition coefficient (Wildman–Crippen LogP) is 3.52. The van der Waals surface area contributed by atoms with E-state index >= 15 is 0 Å². The Labute approximate surface area is 193 Å². The Morgan fingerprint density at radius 2 is 1.69 bits per heavy atom. The molecule has 0 fully saturated rings. The number of fused-ring (bicyclic) bond motifs is 1. The molecular formula is C24H24N4O2S2. The van der Waals surface area contributed by atoms with E-state index in [1.807, 2.05) is 61.5 Å². The van der Waals surface area contributed by atoms with Crippen LogP contribution in [0.2, 0.25) is 0 Å². The summed E-state index contributed by atoms with van der Waals surface area (Å²) in [6.07, 6.45) is 0.614. The van der Waals surface area contributed by atoms with Crippen LogP contribution in [0.3, 0.4) is 0 Å². The Hall–Kier alpha value is -3.07. The van der Waals surface area contributed by atoms with Crippen LogP contribution in [0.5, 0.6) is 0 Å². The molecule has 1 atom stereocenters. The van der Waals surface area contributed by atoms with Crippen LogP contribution in [0.15, 0.2) is 88.9 Å². The molecule has 0 radical (unpaired) electrons. The third kappa shape index (κ3) is 4.43. The number of hydrogen-bond donors (Lipinski definition) is 2. The smallest absolute Gasteiger partial charge is 0.244 e. The second kappa shape index (κ2) is 9.20. The number of hydrazone groups is 1. The summed E-state index contributed by atoms with van der Waals surface area (Å²) < 4.78 is 29.1. The molecule has 0 aliphatic carbocycles. The molecule has 3 aromatic carbocycles. The van der Waals surface area contributed by atoms with Crippen molar-refractivity contribution in [3.8, 4) is 0 Å². The summed E-state index contributed by atoms with van der Waals surface area (Å²) in [4.78, 5) is 0.252. The zero-order valence-electron chi connectivity index (χ0n) is 17.6. The average Bonchev–Trinajstić information content (AvgIpc) is 2.80. The van der Waals surface area contributed by atoms with E-state index < -0.39 is 16.1 Å². The maximum Gasteiger partial charge on any atom is 0.244 e. The van der Waals surface area contributed by atoms with Gasteiger partial charge in [-0.1, -0.05) is 72.3 Å². The van der Waals surface area contributed by atoms with E-state index in [2.05, 4.69) is 10.5 Å². The second-order valence-corrected chi connectivity index (χ2v) is 9.95. The summed E-state index contributed by atoms with van der Waals surface area (Å²) in [5.74, 6) is 0. The molecule has 3 N–H and O–H groups in total. The summed E-state index contributed by atoms with van der Waals surface area (Å²) in [5.41, 5.74) is 12.6. The molecule has 1 aliphatic rings. The van der Waals surface area contributed by atoms with Crippen molar-refractivity contribution in [2.45, 2.75) is 24.3 Å². The Morgan fingerprint density at radius 3 is 2.38 bits per heavy atom. The van der Waals surface area contributed by atoms with Crippen molar-refractivity contribution in [3.63, 3.8) is 0 Å². The molecule has 1 heterocycles. The Morgan fingerprint density at radius 1 is 1.03 bits per heavy atom. The maximum absolute atomic E-state index is 13.8. The maximum atomic E-state index is 13.8. The first-order valence-corrected chi connectivity index (χ1v) is 12.1. The summed E-state index contributed by atoms with van der Waals surface area (Å²) in [5, 5.41) is 4.49. The van der Waals surface area contributed by atoms with Crippen LogP contribution in [0.1, 0.15) is 28.3 Å². The van der Waals surface area contributed by atoms with Crippen molar-refractivity contribution >= 4 is 33.1 Å². The van der Waals surface area contributed by atoms with Gasteiger partial charge >= 0.3 is 0 Å². The Kier molecular flexibility index (Phi) is 6.36. The highest BCUT2D eigenvalue weighted by atomic mass is 32.2. The molecule has 3 aromatic rings. The lowest BCUT2D eigenvalue weighted by atomic mass is 9.89. The standard InChI is InChI=1S/C24H24N4O2S2/c1-17-11-13-20(14-12-17)32(29,30)28-16-15-18-7-5-6-10-21(18)23(28)22(26-27-24(25)31)19-8-3-2-4-9-19/h2-14,23H,15-16H2,1H3,(H3,25,27,31)/b26-22+. The largest absolute Gasteiger partial charge is 0.375 e. The lowest BCUT2D eigenvalue weighted by Gasteiger charge is -2.37. The first-order valence-electron chi connectivity index (χ1n) is 10.2. The van der Waals surface area contributed by atoms with Crippen molar-refractivity contribution in [2.24, 2.45) is 10.8 Å². The highest BCUT2D eigenvalue weighted by molar-refractivity contribution is 7.89. The monoisotopic (exact) mass is 464 g/mol. The van der Waals surface area contributed by atoms with Crippen molar-refractivity contribution in [2.75, 3.05) is 6.54 Å². The van der Waals surface area contributed by atoms with E-state index in [1.54, 1.807) is 24.3 Å². The quantitative estimate of drug-likeness (QED) is 0.343. The highest BCUT2D eigenvalue weighted by Crippen LogP contribution is 2.36. The Bertz CT molecular complexity index is 1260. The number of thiocarbonyl (C=S) groups is 1. The molecule has 4 rings (SSSR count). The molecule has 0 saturated carbocycles. The van der Waals surface area contributed by atoms with E-state index in [1.165, 1.54) is 4.31 Å². The van der Waals surface area contributed by atoms with Gasteiger partial charge in [0.1, 0.15) is 0 Å². The van der Waals surface area contributed by atoms with Crippen molar-refractivity contribution in [3.05, 3.63) is 101 Å². The van der Waals surface area contributed by atoms with Crippen LogP contribution in [-0.4, -0.2) is 30.1 Å². The van der Waals surface area contributed by atoms with Crippen molar-refractivity contribution in [1.82, 2.24) is 9.73 Å². The zero-order valence-corrected chi connectivity index (χ0v) is 19.2. The average molecular weight is 465 g/mol. The topological polar surface area (TPSA) is 87.8 Å². The number of rotatable bonds is 5. The van der Waals surface area contributed by atoms with E-state index in [0.29, 0.717) is 18.7 Å². The summed E-state index contributed by atoms with van der Waals surface area (Å²) in [7, 11) is -3.80. The third-order valence-electron chi connectivity index (χ3n) is 5.48. The van der Waals surface area contributed by atoms with Crippen LogP contribution in [0, 0.1) is 6.92 Å². The fourth-order valence-corrected chi connectivity index (χ4v) is 5.56. The predicted molar refractivity (Wildman–Crippen MR) is 131 cm³/mol. The van der Waals surface area contributed by atoms with Gasteiger partial charge in [-0.2, -0.15) is 9.41 Å². The molecule has 0 bridgehead atoms. The van der Waals surface area contributed by atoms with Gasteiger partial charge in [-0.05, 0) is 54.4 Å². The van der Waals surface area contributed by atoms with Crippen molar-refractivity contribution < 1.29 is 8.42 Å². The number of hydrogen-bond acceptors (Lipinski definition) is 4. The van der Waals surface area contributed by atoms with Crippen LogP contribution in [-0.2, 0) is 16.4 Å². The number of nitrogens with two attached hydrogens (primary N) is 1. The fraction of sp³-hybridized carbons (Fsp3) is 0.167. The van der Waals surface area contributed by atoms with E-state index in [-0.39, 0.29) is 10.0 Å². The van der Waals surface area contributed by atoms with Crippen LogP contribution in [0.4, 0.5) is 0 Å². The van der Waals surface area contributed by atoms with Crippen LogP contribution < -0.4 is 11.2 Å². The number of aryl methyl sites for hydroxylation is 1. The number of nitrogens with zero attached hydrogens (tertiary/aromatic N) is 2. The second-order valence-electron chi connectivity index (χ2n) is 7.62. The van der Waals surface area contributed by atoms with Crippen LogP contribution >= 0.6 is 12.2 Å². The van der Waals surface area contributed by atoms with Gasteiger partial charge in [0.05, 0.1) is 16.6 Å². The molecule has 164 valence electrons. The SMILES string of the molecule is Cc1ccc(S(=O)(=O)N2CCc3ccccc3C2/C(=N/NC(N)=S)c2ccccc2)cc1. The Balaban J connectivity index is 1.91. The molecule has 0 aromatic heterocycles. The first-order chi connectivity index (χ1) is 15.4. The number of nitrogens with one attached hydrogen (secondary N) is 1. The van der Waals surface area contributed by atoms with Gasteiger partial charge in [0, 0.05) is 6.54 Å². The normalized spacial score (nSPS) is 16.9. The van der Waals surface area contributed by atoms with Gasteiger partial charge in [-0.3, -0.25) is 5.43 Å². The lowest BCUT2D eigenvalue weighted by molar-refractivity contribution is 0.366. The van der Waals surface area contributed by atoms with Gasteiger partial charge < -0.3 is 5.73 Å². The summed E-state index contributed by atoms with van der Waals surface area (Å²) in [6.45, 7) is 2.26. The molecule has 1 aliphatic heterocycles. The minimum atomic E-state index is -3.80. The molecule has 6 nitrogen and oxygen atoms in total. The highest BCUT2D eigenvalue weighted by Gasteiger charge is 2.39. The molecular weight excluding hydrogens is 440 g/mol. The first kappa shape index (κ1) is 22.1. The van der Waals surface area contributed by atoms with Gasteiger partial charge in [0.15, 0.2) is 5.11 Å². The molecule has 32 heavy (non-hydrogen) atoms. The molecule has 0 spiro atoms.